The Bertz CT molecular complexity index is 1090. The molecule has 2 heterocycles. The molecule has 1 aliphatic heterocycles. The number of Topliss-reactive ketones (excluding diaryl/α,β-unsaturated/α-hetero) is 1. The van der Waals surface area contributed by atoms with Gasteiger partial charge < -0.3 is 9.47 Å². The Kier molecular flexibility index (Phi) is 7.29. The lowest BCUT2D eigenvalue weighted by Crippen LogP contribution is -2.28. The topological polar surface area (TPSA) is 68.1 Å². The highest BCUT2D eigenvalue weighted by Crippen LogP contribution is 2.42. The predicted octanol–water partition coefficient (Wildman–Crippen LogP) is 5.46. The number of carbonyl (C=O) groups is 2. The van der Waals surface area contributed by atoms with Crippen molar-refractivity contribution in [3.05, 3.63) is 46.0 Å². The van der Waals surface area contributed by atoms with E-state index in [-0.39, 0.29) is 23.5 Å². The Morgan fingerprint density at radius 3 is 2.54 bits per heavy atom. The van der Waals surface area contributed by atoms with E-state index in [0.717, 1.165) is 48.0 Å². The minimum atomic E-state index is -0.273. The van der Waals surface area contributed by atoms with E-state index in [0.29, 0.717) is 30.6 Å². The number of rotatable bonds is 8. The number of aromatic nitrogens is 3. The van der Waals surface area contributed by atoms with Crippen LogP contribution < -0.4 is 0 Å². The first-order chi connectivity index (χ1) is 16.9. The van der Waals surface area contributed by atoms with Gasteiger partial charge in [-0.15, -0.1) is 10.2 Å². The second-order valence-corrected chi connectivity index (χ2v) is 11.3. The van der Waals surface area contributed by atoms with Crippen molar-refractivity contribution in [3.63, 3.8) is 0 Å². The maximum absolute atomic E-state index is 13.6. The van der Waals surface area contributed by atoms with E-state index in [1.54, 1.807) is 6.92 Å². The Labute approximate surface area is 213 Å². The van der Waals surface area contributed by atoms with Crippen LogP contribution in [-0.4, -0.2) is 44.4 Å². The smallest absolute Gasteiger partial charge is 0.219 e. The summed E-state index contributed by atoms with van der Waals surface area (Å²) in [5.41, 5.74) is 1.91. The quantitative estimate of drug-likeness (QED) is 0.486. The van der Waals surface area contributed by atoms with Crippen molar-refractivity contribution in [1.82, 2.24) is 19.7 Å². The molecular weight excluding hydrogens is 460 g/mol. The normalized spacial score (nSPS) is 23.1. The lowest BCUT2D eigenvalue weighted by molar-refractivity contribution is -0.128. The van der Waals surface area contributed by atoms with Crippen LogP contribution in [0.2, 0.25) is 5.02 Å². The van der Waals surface area contributed by atoms with Crippen LogP contribution in [0.4, 0.5) is 0 Å². The van der Waals surface area contributed by atoms with E-state index >= 15 is 0 Å². The van der Waals surface area contributed by atoms with Gasteiger partial charge in [-0.1, -0.05) is 55.8 Å². The first-order valence-corrected chi connectivity index (χ1v) is 13.8. The molecule has 0 N–H and O–H groups in total. The van der Waals surface area contributed by atoms with E-state index in [1.165, 1.54) is 38.5 Å². The first-order valence-electron chi connectivity index (χ1n) is 13.4. The second kappa shape index (κ2) is 10.4. The van der Waals surface area contributed by atoms with Gasteiger partial charge in [-0.05, 0) is 49.3 Å². The highest BCUT2D eigenvalue weighted by molar-refractivity contribution is 6.31. The molecule has 5 rings (SSSR count). The number of carbonyl (C=O) groups excluding carboxylic acids is 2. The van der Waals surface area contributed by atoms with E-state index in [9.17, 15) is 9.59 Å². The fourth-order valence-electron chi connectivity index (χ4n) is 6.11. The number of nitrogens with zero attached hydrogens (tertiary/aromatic N) is 4. The Hall–Kier alpha value is -2.21. The summed E-state index contributed by atoms with van der Waals surface area (Å²) in [6.07, 6.45) is 11.5. The molecule has 188 valence electrons. The summed E-state index contributed by atoms with van der Waals surface area (Å²) >= 11 is 6.31. The molecule has 0 unspecified atom stereocenters. The zero-order chi connectivity index (χ0) is 24.5. The summed E-state index contributed by atoms with van der Waals surface area (Å²) < 4.78 is 2.35. The molecule has 1 amide bonds. The minimum absolute atomic E-state index is 0.0132. The molecule has 0 spiro atoms. The second-order valence-electron chi connectivity index (χ2n) is 10.9. The van der Waals surface area contributed by atoms with Gasteiger partial charge in [0, 0.05) is 55.8 Å². The molecule has 2 aromatic rings. The molecule has 6 nitrogen and oxygen atoms in total. The molecule has 1 aromatic carbocycles. The van der Waals surface area contributed by atoms with E-state index in [2.05, 4.69) is 14.8 Å². The van der Waals surface area contributed by atoms with Crippen molar-refractivity contribution in [2.75, 3.05) is 13.1 Å². The van der Waals surface area contributed by atoms with Gasteiger partial charge in [0.2, 0.25) is 5.91 Å². The van der Waals surface area contributed by atoms with Crippen LogP contribution >= 0.6 is 11.6 Å². The zero-order valence-electron chi connectivity index (χ0n) is 21.0. The van der Waals surface area contributed by atoms with Gasteiger partial charge in [-0.25, -0.2) is 0 Å². The molecule has 2 atom stereocenters. The third kappa shape index (κ3) is 5.32. The van der Waals surface area contributed by atoms with Crippen molar-refractivity contribution in [3.8, 4) is 0 Å². The van der Waals surface area contributed by atoms with Crippen molar-refractivity contribution in [1.29, 1.82) is 0 Å². The average molecular weight is 497 g/mol. The number of benzene rings is 1. The van der Waals surface area contributed by atoms with Crippen molar-refractivity contribution >= 4 is 23.3 Å². The Morgan fingerprint density at radius 2 is 1.83 bits per heavy atom. The van der Waals surface area contributed by atoms with Crippen LogP contribution in [0.15, 0.2) is 18.2 Å². The van der Waals surface area contributed by atoms with Crippen molar-refractivity contribution < 1.29 is 9.59 Å². The highest BCUT2D eigenvalue weighted by atomic mass is 35.5. The summed E-state index contributed by atoms with van der Waals surface area (Å²) in [5, 5.41) is 10.0. The summed E-state index contributed by atoms with van der Waals surface area (Å²) in [7, 11) is 0. The maximum Gasteiger partial charge on any atom is 0.219 e. The average Bonchev–Trinajstić information content (AvgIpc) is 3.44. The molecule has 3 fully saturated rings. The summed E-state index contributed by atoms with van der Waals surface area (Å²) in [6, 6.07) is 6.17. The molecule has 1 aromatic heterocycles. The first kappa shape index (κ1) is 24.5. The number of halogens is 1. The van der Waals surface area contributed by atoms with Gasteiger partial charge in [0.15, 0.2) is 0 Å². The van der Waals surface area contributed by atoms with Crippen LogP contribution in [0, 0.1) is 18.8 Å². The van der Waals surface area contributed by atoms with Gasteiger partial charge >= 0.3 is 0 Å². The Morgan fingerprint density at radius 1 is 1.06 bits per heavy atom. The standard InChI is InChI=1S/C28H37ClN4O2/c1-18-21(9-6-10-25(18)29)15-26(35)23-16-32(19(2)34)17-24(23)28-31-30-27(33(28)22-12-13-22)14-11-20-7-4-3-5-8-20/h6,9-10,20,22-24H,3-5,7-8,11-17H2,1-2H3/t23-,24-/m0/s1. The lowest BCUT2D eigenvalue weighted by Gasteiger charge is -2.22. The molecular formula is C28H37ClN4O2. The van der Waals surface area contributed by atoms with Gasteiger partial charge in [-0.2, -0.15) is 0 Å². The summed E-state index contributed by atoms with van der Waals surface area (Å²) in [4.78, 5) is 27.8. The third-order valence-corrected chi connectivity index (χ3v) is 8.87. The summed E-state index contributed by atoms with van der Waals surface area (Å²) in [5.74, 6) is 2.57. The van der Waals surface area contributed by atoms with Gasteiger partial charge in [0.1, 0.15) is 17.4 Å². The molecule has 1 saturated heterocycles. The number of hydrogen-bond donors (Lipinski definition) is 0. The number of likely N-dealkylation sites (tertiary alicyclic amines) is 1. The number of ketones is 1. The SMILES string of the molecule is CC(=O)N1C[C@H](C(=O)Cc2cccc(Cl)c2C)[C@@H](c2nnc(CCC3CCCCC3)n2C2CC2)C1. The van der Waals surface area contributed by atoms with Crippen LogP contribution in [0.3, 0.4) is 0 Å². The predicted molar refractivity (Wildman–Crippen MR) is 137 cm³/mol. The molecule has 35 heavy (non-hydrogen) atoms. The summed E-state index contributed by atoms with van der Waals surface area (Å²) in [6.45, 7) is 4.54. The number of aryl methyl sites for hydroxylation is 1. The fraction of sp³-hybridized carbons (Fsp3) is 0.643. The molecule has 0 bridgehead atoms. The van der Waals surface area contributed by atoms with Crippen LogP contribution in [-0.2, 0) is 22.4 Å². The number of hydrogen-bond acceptors (Lipinski definition) is 4. The van der Waals surface area contributed by atoms with E-state index in [1.807, 2.05) is 30.0 Å². The maximum atomic E-state index is 13.6. The fourth-order valence-corrected chi connectivity index (χ4v) is 6.31. The van der Waals surface area contributed by atoms with Gasteiger partial charge in [0.05, 0.1) is 0 Å². The van der Waals surface area contributed by atoms with E-state index in [4.69, 9.17) is 11.6 Å². The molecule has 0 radical (unpaired) electrons. The molecule has 2 aliphatic carbocycles. The minimum Gasteiger partial charge on any atom is -0.341 e. The third-order valence-electron chi connectivity index (χ3n) is 8.46. The largest absolute Gasteiger partial charge is 0.341 e. The highest BCUT2D eigenvalue weighted by Gasteiger charge is 2.44. The van der Waals surface area contributed by atoms with Gasteiger partial charge in [0.25, 0.3) is 0 Å². The molecule has 2 saturated carbocycles. The van der Waals surface area contributed by atoms with Crippen molar-refractivity contribution in [2.24, 2.45) is 11.8 Å². The van der Waals surface area contributed by atoms with E-state index < -0.39 is 0 Å². The monoisotopic (exact) mass is 496 g/mol. The number of amides is 1. The van der Waals surface area contributed by atoms with Crippen LogP contribution in [0.1, 0.15) is 93.0 Å². The lowest BCUT2D eigenvalue weighted by atomic mass is 9.86. The zero-order valence-corrected chi connectivity index (χ0v) is 21.8. The molecule has 3 aliphatic rings. The van der Waals surface area contributed by atoms with Crippen LogP contribution in [0.25, 0.3) is 0 Å². The Balaban J connectivity index is 1.39. The van der Waals surface area contributed by atoms with Gasteiger partial charge in [-0.3, -0.25) is 9.59 Å². The molecule has 7 heteroatoms. The van der Waals surface area contributed by atoms with Crippen LogP contribution in [0.5, 0.6) is 0 Å². The van der Waals surface area contributed by atoms with Crippen molar-refractivity contribution in [2.45, 2.75) is 90.0 Å².